The molecule has 0 aliphatic carbocycles. The highest BCUT2D eigenvalue weighted by molar-refractivity contribution is 7.98. The Labute approximate surface area is 201 Å². The SMILES string of the molecule is CCCN(C=O)C(=O)NCC(=O)O.CCCSC.Cc1cccc(C#Cc2ccccc2)c1. The summed E-state index contributed by atoms with van der Waals surface area (Å²) in [6, 6.07) is 17.6. The van der Waals surface area contributed by atoms with Crippen LogP contribution in [0.4, 0.5) is 4.79 Å². The van der Waals surface area contributed by atoms with Crippen LogP contribution in [0.15, 0.2) is 54.6 Å². The Bertz CT molecular complexity index is 890. The van der Waals surface area contributed by atoms with Crippen LogP contribution in [0.25, 0.3) is 0 Å². The van der Waals surface area contributed by atoms with Crippen molar-refractivity contribution < 1.29 is 19.5 Å². The van der Waals surface area contributed by atoms with Crippen LogP contribution in [0, 0.1) is 18.8 Å². The molecule has 0 aliphatic heterocycles. The first-order chi connectivity index (χ1) is 15.9. The van der Waals surface area contributed by atoms with E-state index < -0.39 is 18.5 Å². The highest BCUT2D eigenvalue weighted by atomic mass is 32.2. The van der Waals surface area contributed by atoms with Crippen molar-refractivity contribution in [3.63, 3.8) is 0 Å². The largest absolute Gasteiger partial charge is 0.480 e. The van der Waals surface area contributed by atoms with Gasteiger partial charge in [-0.25, -0.2) is 4.79 Å². The van der Waals surface area contributed by atoms with Crippen molar-refractivity contribution in [3.05, 3.63) is 71.3 Å². The van der Waals surface area contributed by atoms with Gasteiger partial charge in [-0.05, 0) is 61.6 Å². The molecule has 0 atom stereocenters. The number of benzene rings is 2. The van der Waals surface area contributed by atoms with Crippen LogP contribution >= 0.6 is 11.8 Å². The number of carbonyl (C=O) groups excluding carboxylic acids is 2. The molecule has 2 aromatic carbocycles. The summed E-state index contributed by atoms with van der Waals surface area (Å²) >= 11 is 1.90. The predicted octanol–water partition coefficient (Wildman–Crippen LogP) is 4.80. The highest BCUT2D eigenvalue weighted by Gasteiger charge is 2.11. The smallest absolute Gasteiger partial charge is 0.324 e. The predicted molar refractivity (Wildman–Crippen MR) is 136 cm³/mol. The number of urea groups is 1. The second-order valence-corrected chi connectivity index (χ2v) is 7.82. The van der Waals surface area contributed by atoms with Crippen molar-refractivity contribution in [3.8, 4) is 11.8 Å². The van der Waals surface area contributed by atoms with Crippen LogP contribution in [0.5, 0.6) is 0 Å². The first kappa shape index (κ1) is 29.8. The van der Waals surface area contributed by atoms with Gasteiger partial charge in [0.2, 0.25) is 6.41 Å². The topological polar surface area (TPSA) is 86.7 Å². The summed E-state index contributed by atoms with van der Waals surface area (Å²) in [5.41, 5.74) is 3.37. The number of imide groups is 1. The number of hydrogen-bond donors (Lipinski definition) is 2. The molecule has 0 bridgehead atoms. The molecule has 7 heteroatoms. The lowest BCUT2D eigenvalue weighted by Crippen LogP contribution is -2.41. The quantitative estimate of drug-likeness (QED) is 0.448. The normalized spacial score (nSPS) is 8.97. The third-order valence-corrected chi connectivity index (χ3v) is 4.61. The molecule has 0 saturated heterocycles. The van der Waals surface area contributed by atoms with Crippen LogP contribution in [0.1, 0.15) is 43.4 Å². The minimum absolute atomic E-state index is 0.287. The Hall–Kier alpha value is -3.24. The number of rotatable bonds is 7. The van der Waals surface area contributed by atoms with Crippen LogP contribution in [0.2, 0.25) is 0 Å². The molecule has 2 aromatic rings. The number of hydrogen-bond acceptors (Lipinski definition) is 4. The Kier molecular flexibility index (Phi) is 17.5. The number of carboxylic acids is 1. The van der Waals surface area contributed by atoms with Gasteiger partial charge in [-0.1, -0.05) is 56.0 Å². The van der Waals surface area contributed by atoms with Gasteiger partial charge in [0.1, 0.15) is 6.54 Å². The van der Waals surface area contributed by atoms with Gasteiger partial charge >= 0.3 is 12.0 Å². The maximum Gasteiger partial charge on any atom is 0.324 e. The molecule has 0 aromatic heterocycles. The summed E-state index contributed by atoms with van der Waals surface area (Å²) in [5.74, 6) is 6.45. The van der Waals surface area contributed by atoms with Gasteiger partial charge in [0.25, 0.3) is 0 Å². The van der Waals surface area contributed by atoms with Gasteiger partial charge in [0.05, 0.1) is 0 Å². The number of carboxylic acid groups (broad SMARTS) is 1. The van der Waals surface area contributed by atoms with E-state index in [1.54, 1.807) is 6.92 Å². The maximum absolute atomic E-state index is 11.0. The number of aryl methyl sites for hydroxylation is 1. The lowest BCUT2D eigenvalue weighted by molar-refractivity contribution is -0.136. The zero-order valence-corrected chi connectivity index (χ0v) is 20.7. The third kappa shape index (κ3) is 16.1. The number of aliphatic carboxylic acids is 1. The van der Waals surface area contributed by atoms with Crippen LogP contribution in [0.3, 0.4) is 0 Å². The zero-order valence-electron chi connectivity index (χ0n) is 19.8. The zero-order chi connectivity index (χ0) is 24.9. The van der Waals surface area contributed by atoms with E-state index in [4.69, 9.17) is 5.11 Å². The average Bonchev–Trinajstić information content (AvgIpc) is 2.82. The van der Waals surface area contributed by atoms with Crippen LogP contribution in [-0.4, -0.2) is 53.5 Å². The van der Waals surface area contributed by atoms with Gasteiger partial charge in [-0.15, -0.1) is 0 Å². The van der Waals surface area contributed by atoms with E-state index in [1.165, 1.54) is 17.7 Å². The summed E-state index contributed by atoms with van der Waals surface area (Å²) in [5, 5.41) is 10.3. The molecule has 0 radical (unpaired) electrons. The molecular weight excluding hydrogens is 436 g/mol. The molecule has 0 spiro atoms. The summed E-state index contributed by atoms with van der Waals surface area (Å²) in [6.07, 6.45) is 4.45. The van der Waals surface area contributed by atoms with E-state index in [9.17, 15) is 14.4 Å². The summed E-state index contributed by atoms with van der Waals surface area (Å²) in [6.45, 7) is 5.88. The van der Waals surface area contributed by atoms with E-state index in [-0.39, 0.29) is 6.54 Å². The van der Waals surface area contributed by atoms with Gasteiger partial charge in [-0.2, -0.15) is 11.8 Å². The number of carbonyl (C=O) groups is 3. The van der Waals surface area contributed by atoms with Crippen molar-refractivity contribution >= 4 is 30.2 Å². The Morgan fingerprint density at radius 3 is 2.15 bits per heavy atom. The van der Waals surface area contributed by atoms with Gasteiger partial charge in [0.15, 0.2) is 0 Å². The first-order valence-electron chi connectivity index (χ1n) is 10.7. The Morgan fingerprint density at radius 2 is 1.67 bits per heavy atom. The molecule has 0 unspecified atom stereocenters. The van der Waals surface area contributed by atoms with Crippen LogP contribution in [-0.2, 0) is 9.59 Å². The second kappa shape index (κ2) is 19.4. The summed E-state index contributed by atoms with van der Waals surface area (Å²) in [4.78, 5) is 32.2. The molecule has 2 rings (SSSR count). The van der Waals surface area contributed by atoms with E-state index in [0.29, 0.717) is 12.8 Å². The molecular formula is C26H34N2O4S. The number of nitrogens with zero attached hydrogens (tertiary/aromatic N) is 1. The fourth-order valence-electron chi connectivity index (χ4n) is 2.29. The molecule has 3 amide bonds. The summed E-state index contributed by atoms with van der Waals surface area (Å²) in [7, 11) is 0. The van der Waals surface area contributed by atoms with E-state index in [1.807, 2.05) is 54.2 Å². The van der Waals surface area contributed by atoms with Crippen LogP contribution < -0.4 is 5.32 Å². The number of nitrogens with one attached hydrogen (secondary N) is 1. The molecule has 178 valence electrons. The summed E-state index contributed by atoms with van der Waals surface area (Å²) < 4.78 is 0. The van der Waals surface area contributed by atoms with Crippen molar-refractivity contribution in [2.45, 2.75) is 33.6 Å². The first-order valence-corrected chi connectivity index (χ1v) is 12.1. The molecule has 6 nitrogen and oxygen atoms in total. The Morgan fingerprint density at radius 1 is 1.03 bits per heavy atom. The van der Waals surface area contributed by atoms with E-state index in [2.05, 4.69) is 49.4 Å². The van der Waals surface area contributed by atoms with Gasteiger partial charge in [0, 0.05) is 17.7 Å². The van der Waals surface area contributed by atoms with Crippen molar-refractivity contribution in [2.24, 2.45) is 0 Å². The monoisotopic (exact) mass is 470 g/mol. The fraction of sp³-hybridized carbons (Fsp3) is 0.346. The minimum Gasteiger partial charge on any atom is -0.480 e. The lowest BCUT2D eigenvalue weighted by atomic mass is 10.1. The van der Waals surface area contributed by atoms with Crippen molar-refractivity contribution in [2.75, 3.05) is 25.1 Å². The molecule has 0 heterocycles. The van der Waals surface area contributed by atoms with Gasteiger partial charge in [-0.3, -0.25) is 14.5 Å². The standard InChI is InChI=1S/C15H12.C7H12N2O4.C4H10S/c1-13-6-5-9-15(12-13)11-10-14-7-3-2-4-8-14;1-2-3-9(5-10)7(13)8-4-6(11)12;1-3-4-5-2/h2-9,12H,1H3;5H,2-4H2,1H3,(H,8,13)(H,11,12);3-4H2,1-2H3. The lowest BCUT2D eigenvalue weighted by Gasteiger charge is -2.13. The highest BCUT2D eigenvalue weighted by Crippen LogP contribution is 2.03. The van der Waals surface area contributed by atoms with Crippen molar-refractivity contribution in [1.29, 1.82) is 0 Å². The fourth-order valence-corrected chi connectivity index (χ4v) is 2.70. The molecule has 0 aliphatic rings. The number of amides is 3. The molecule has 33 heavy (non-hydrogen) atoms. The molecule has 0 saturated carbocycles. The molecule has 0 fully saturated rings. The third-order valence-electron chi connectivity index (χ3n) is 3.79. The van der Waals surface area contributed by atoms with E-state index in [0.717, 1.165) is 16.0 Å². The minimum atomic E-state index is -1.14. The van der Waals surface area contributed by atoms with Gasteiger partial charge < -0.3 is 10.4 Å². The average molecular weight is 471 g/mol. The van der Waals surface area contributed by atoms with E-state index >= 15 is 0 Å². The second-order valence-electron chi connectivity index (χ2n) is 6.83. The molecule has 2 N–H and O–H groups in total. The maximum atomic E-state index is 11.0. The van der Waals surface area contributed by atoms with Crippen molar-refractivity contribution in [1.82, 2.24) is 10.2 Å². The number of thioether (sulfide) groups is 1. The Balaban J connectivity index is 0.000000522.